The fourth-order valence-electron chi connectivity index (χ4n) is 1.06. The molecule has 60 valence electrons. The van der Waals surface area contributed by atoms with Gasteiger partial charge in [0.2, 0.25) is 0 Å². The van der Waals surface area contributed by atoms with Crippen LogP contribution in [0.5, 0.6) is 0 Å². The largest absolute Gasteiger partial charge is 0.304 e. The zero-order chi connectivity index (χ0) is 7.40. The van der Waals surface area contributed by atoms with E-state index in [4.69, 9.17) is 0 Å². The van der Waals surface area contributed by atoms with Gasteiger partial charge in [-0.05, 0) is 7.05 Å². The number of hydrogen-bond acceptors (Lipinski definition) is 4. The van der Waals surface area contributed by atoms with Gasteiger partial charge in [-0.3, -0.25) is 4.90 Å². The van der Waals surface area contributed by atoms with Crippen LogP contribution in [0.15, 0.2) is 0 Å². The second kappa shape index (κ2) is 4.49. The first-order valence-electron chi connectivity index (χ1n) is 3.50. The SMILES string of the molecule is CN1CCN(CSS)CC1. The second-order valence-corrected chi connectivity index (χ2v) is 3.97. The lowest BCUT2D eigenvalue weighted by atomic mass is 10.4. The number of nitrogens with zero attached hydrogens (tertiary/aromatic N) is 2. The van der Waals surface area contributed by atoms with E-state index in [-0.39, 0.29) is 0 Å². The third kappa shape index (κ3) is 2.70. The molecule has 1 aliphatic heterocycles. The molecule has 1 fully saturated rings. The van der Waals surface area contributed by atoms with Gasteiger partial charge in [0.25, 0.3) is 0 Å². The predicted octanol–water partition coefficient (Wildman–Crippen LogP) is 0.769. The van der Waals surface area contributed by atoms with E-state index in [1.54, 1.807) is 10.8 Å². The van der Waals surface area contributed by atoms with Gasteiger partial charge in [0.15, 0.2) is 0 Å². The van der Waals surface area contributed by atoms with Crippen LogP contribution >= 0.6 is 22.5 Å². The fourth-order valence-corrected chi connectivity index (χ4v) is 1.97. The highest BCUT2D eigenvalue weighted by Crippen LogP contribution is 2.09. The highest BCUT2D eigenvalue weighted by atomic mass is 33.1. The molecule has 0 aromatic heterocycles. The third-order valence-corrected chi connectivity index (χ3v) is 2.66. The number of hydrogen-bond donors (Lipinski definition) is 1. The molecule has 0 amide bonds. The molecule has 1 saturated heterocycles. The highest BCUT2D eigenvalue weighted by molar-refractivity contribution is 8.68. The molecule has 2 nitrogen and oxygen atoms in total. The Morgan fingerprint density at radius 3 is 2.40 bits per heavy atom. The van der Waals surface area contributed by atoms with Crippen LogP contribution in [-0.4, -0.2) is 48.9 Å². The smallest absolute Gasteiger partial charge is 0.0547 e. The molecule has 0 spiro atoms. The molecule has 4 heteroatoms. The first kappa shape index (κ1) is 8.71. The third-order valence-electron chi connectivity index (χ3n) is 1.84. The number of piperazine rings is 1. The topological polar surface area (TPSA) is 6.48 Å². The molecule has 0 N–H and O–H groups in total. The van der Waals surface area contributed by atoms with Gasteiger partial charge in [-0.2, -0.15) is 0 Å². The Labute approximate surface area is 71.8 Å². The quantitative estimate of drug-likeness (QED) is 0.493. The summed E-state index contributed by atoms with van der Waals surface area (Å²) in [5, 5.41) is 0. The number of rotatable bonds is 2. The molecule has 1 aliphatic rings. The maximum atomic E-state index is 4.11. The molecule has 0 unspecified atom stereocenters. The molecule has 0 atom stereocenters. The Morgan fingerprint density at radius 1 is 1.30 bits per heavy atom. The van der Waals surface area contributed by atoms with Crippen LogP contribution in [0.1, 0.15) is 0 Å². The first-order valence-corrected chi connectivity index (χ1v) is 5.54. The van der Waals surface area contributed by atoms with Crippen LogP contribution in [0.4, 0.5) is 0 Å². The van der Waals surface area contributed by atoms with Gasteiger partial charge in [-0.25, -0.2) is 0 Å². The minimum absolute atomic E-state index is 1.07. The Kier molecular flexibility index (Phi) is 3.91. The van der Waals surface area contributed by atoms with Crippen LogP contribution in [0.2, 0.25) is 0 Å². The van der Waals surface area contributed by atoms with Crippen molar-refractivity contribution in [2.24, 2.45) is 0 Å². The summed E-state index contributed by atoms with van der Waals surface area (Å²) in [5.41, 5.74) is 0. The maximum absolute atomic E-state index is 4.11. The van der Waals surface area contributed by atoms with Gasteiger partial charge in [0.05, 0.1) is 5.88 Å². The first-order chi connectivity index (χ1) is 4.83. The van der Waals surface area contributed by atoms with Crippen LogP contribution in [0, 0.1) is 0 Å². The minimum atomic E-state index is 1.07. The van der Waals surface area contributed by atoms with Gasteiger partial charge < -0.3 is 4.90 Å². The van der Waals surface area contributed by atoms with E-state index in [1.807, 2.05) is 0 Å². The molecular weight excluding hydrogens is 164 g/mol. The van der Waals surface area contributed by atoms with Crippen molar-refractivity contribution in [2.45, 2.75) is 0 Å². The standard InChI is InChI=1S/C6H14N2S2/c1-7-2-4-8(5-3-7)6-10-9/h9H,2-6H2,1H3. The summed E-state index contributed by atoms with van der Waals surface area (Å²) in [5.74, 6) is 1.07. The molecule has 0 aromatic rings. The van der Waals surface area contributed by atoms with Crippen LogP contribution < -0.4 is 0 Å². The van der Waals surface area contributed by atoms with Crippen LogP contribution in [0.3, 0.4) is 0 Å². The molecule has 10 heavy (non-hydrogen) atoms. The lowest BCUT2D eigenvalue weighted by Crippen LogP contribution is -2.43. The van der Waals surface area contributed by atoms with E-state index in [0.29, 0.717) is 0 Å². The zero-order valence-corrected chi connectivity index (χ0v) is 8.00. The van der Waals surface area contributed by atoms with E-state index in [2.05, 4.69) is 28.5 Å². The van der Waals surface area contributed by atoms with Crippen molar-refractivity contribution in [3.05, 3.63) is 0 Å². The van der Waals surface area contributed by atoms with E-state index < -0.39 is 0 Å². The molecule has 1 rings (SSSR count). The Morgan fingerprint density at radius 2 is 1.90 bits per heavy atom. The van der Waals surface area contributed by atoms with Crippen molar-refractivity contribution in [3.63, 3.8) is 0 Å². The second-order valence-electron chi connectivity index (χ2n) is 2.68. The normalized spacial score (nSPS) is 23.4. The molecule has 0 aromatic carbocycles. The van der Waals surface area contributed by atoms with Gasteiger partial charge in [0, 0.05) is 26.2 Å². The van der Waals surface area contributed by atoms with Crippen molar-refractivity contribution in [1.82, 2.24) is 9.80 Å². The van der Waals surface area contributed by atoms with E-state index in [0.717, 1.165) is 5.88 Å². The summed E-state index contributed by atoms with van der Waals surface area (Å²) in [7, 11) is 3.78. The Hall–Kier alpha value is 0.620. The van der Waals surface area contributed by atoms with Crippen LogP contribution in [-0.2, 0) is 0 Å². The van der Waals surface area contributed by atoms with E-state index in [1.165, 1.54) is 26.2 Å². The van der Waals surface area contributed by atoms with Crippen molar-refractivity contribution in [1.29, 1.82) is 0 Å². The fraction of sp³-hybridized carbons (Fsp3) is 1.00. The molecule has 0 bridgehead atoms. The number of likely N-dealkylation sites (N-methyl/N-ethyl adjacent to an activating group) is 1. The molecule has 1 heterocycles. The van der Waals surface area contributed by atoms with Crippen molar-refractivity contribution >= 4 is 22.5 Å². The lowest BCUT2D eigenvalue weighted by Gasteiger charge is -2.31. The summed E-state index contributed by atoms with van der Waals surface area (Å²) < 4.78 is 0. The monoisotopic (exact) mass is 178 g/mol. The van der Waals surface area contributed by atoms with Crippen LogP contribution in [0.25, 0.3) is 0 Å². The summed E-state index contributed by atoms with van der Waals surface area (Å²) in [6, 6.07) is 0. The van der Waals surface area contributed by atoms with Crippen molar-refractivity contribution in [3.8, 4) is 0 Å². The highest BCUT2D eigenvalue weighted by Gasteiger charge is 2.11. The van der Waals surface area contributed by atoms with Crippen molar-refractivity contribution < 1.29 is 0 Å². The van der Waals surface area contributed by atoms with E-state index >= 15 is 0 Å². The predicted molar refractivity (Wildman–Crippen MR) is 50.5 cm³/mol. The summed E-state index contributed by atoms with van der Waals surface area (Å²) in [4.78, 5) is 4.79. The number of thiol groups is 1. The van der Waals surface area contributed by atoms with E-state index in [9.17, 15) is 0 Å². The molecular formula is C6H14N2S2. The van der Waals surface area contributed by atoms with Gasteiger partial charge in [0.1, 0.15) is 0 Å². The summed E-state index contributed by atoms with van der Waals surface area (Å²) in [6.45, 7) is 4.80. The minimum Gasteiger partial charge on any atom is -0.304 e. The molecule has 0 radical (unpaired) electrons. The van der Waals surface area contributed by atoms with Gasteiger partial charge in [-0.1, -0.05) is 10.8 Å². The van der Waals surface area contributed by atoms with Crippen molar-refractivity contribution in [2.75, 3.05) is 39.1 Å². The zero-order valence-electron chi connectivity index (χ0n) is 6.29. The average molecular weight is 178 g/mol. The lowest BCUT2D eigenvalue weighted by molar-refractivity contribution is 0.175. The Balaban J connectivity index is 2.13. The maximum Gasteiger partial charge on any atom is 0.0547 e. The Bertz CT molecular complexity index is 91.7. The summed E-state index contributed by atoms with van der Waals surface area (Å²) >= 11 is 4.11. The summed E-state index contributed by atoms with van der Waals surface area (Å²) in [6.07, 6.45) is 0. The molecule has 0 saturated carbocycles. The average Bonchev–Trinajstić information content (AvgIpc) is 1.95. The van der Waals surface area contributed by atoms with Gasteiger partial charge in [-0.15, -0.1) is 11.7 Å². The molecule has 0 aliphatic carbocycles. The van der Waals surface area contributed by atoms with Gasteiger partial charge >= 0.3 is 0 Å².